The molecular formula is C30H31N3O5S. The summed E-state index contributed by atoms with van der Waals surface area (Å²) >= 11 is 0. The van der Waals surface area contributed by atoms with E-state index >= 15 is 0 Å². The molecule has 4 rings (SSSR count). The fourth-order valence-corrected chi connectivity index (χ4v) is 5.23. The predicted octanol–water partition coefficient (Wildman–Crippen LogP) is 7.28. The Bertz CT molecular complexity index is 1510. The maximum atomic E-state index is 13.0. The highest BCUT2D eigenvalue weighted by atomic mass is 32.2. The molecule has 0 saturated heterocycles. The van der Waals surface area contributed by atoms with Crippen LogP contribution in [0.2, 0.25) is 0 Å². The number of carbonyl (C=O) groups excluding carboxylic acids is 1. The van der Waals surface area contributed by atoms with Crippen molar-refractivity contribution in [2.75, 3.05) is 13.7 Å². The van der Waals surface area contributed by atoms with Gasteiger partial charge in [-0.3, -0.25) is 4.79 Å². The van der Waals surface area contributed by atoms with Crippen molar-refractivity contribution in [1.29, 1.82) is 0 Å². The molecular weight excluding hydrogens is 514 g/mol. The van der Waals surface area contributed by atoms with E-state index in [2.05, 4.69) is 10.2 Å². The SMILES string of the molecule is COc1ccc(N=Nc2ccc(OCCCCCC(=O)c3cccn3S(=O)(=O)c3ccc(C)cc3)cc2)cc1. The third-order valence-electron chi connectivity index (χ3n) is 6.08. The van der Waals surface area contributed by atoms with Crippen LogP contribution in [0.4, 0.5) is 11.4 Å². The Morgan fingerprint density at radius 2 is 1.41 bits per heavy atom. The first-order chi connectivity index (χ1) is 18.9. The smallest absolute Gasteiger partial charge is 0.268 e. The second kappa shape index (κ2) is 13.0. The molecule has 39 heavy (non-hydrogen) atoms. The molecule has 4 aromatic rings. The quantitative estimate of drug-likeness (QED) is 0.0998. The number of rotatable bonds is 13. The zero-order valence-electron chi connectivity index (χ0n) is 22.0. The molecule has 0 radical (unpaired) electrons. The summed E-state index contributed by atoms with van der Waals surface area (Å²) in [6.07, 6.45) is 3.88. The van der Waals surface area contributed by atoms with E-state index in [9.17, 15) is 13.2 Å². The summed E-state index contributed by atoms with van der Waals surface area (Å²) in [4.78, 5) is 12.9. The molecule has 0 fully saturated rings. The van der Waals surface area contributed by atoms with Crippen LogP contribution < -0.4 is 9.47 Å². The molecule has 1 aromatic heterocycles. The number of aryl methyl sites for hydroxylation is 1. The van der Waals surface area contributed by atoms with Crippen LogP contribution in [0.1, 0.15) is 41.7 Å². The standard InChI is InChI=1S/C30H31N3O5S/c1-23-9-19-28(20-10-23)39(35,36)33-21-6-7-29(33)30(34)8-4-3-5-22-38-27-17-13-25(14-18-27)32-31-24-11-15-26(37-2)16-12-24/h6-7,9-21H,3-5,8,22H2,1-2H3. The highest BCUT2D eigenvalue weighted by molar-refractivity contribution is 7.90. The van der Waals surface area contributed by atoms with Gasteiger partial charge in [0.2, 0.25) is 0 Å². The number of benzene rings is 3. The maximum Gasteiger partial charge on any atom is 0.268 e. The van der Waals surface area contributed by atoms with Crippen LogP contribution in [-0.4, -0.2) is 31.9 Å². The first kappa shape index (κ1) is 27.8. The van der Waals surface area contributed by atoms with Crippen molar-refractivity contribution in [1.82, 2.24) is 3.97 Å². The molecule has 0 saturated carbocycles. The minimum atomic E-state index is -3.82. The van der Waals surface area contributed by atoms with Gasteiger partial charge < -0.3 is 9.47 Å². The Balaban J connectivity index is 1.20. The average Bonchev–Trinajstić information content (AvgIpc) is 3.46. The van der Waals surface area contributed by atoms with Gasteiger partial charge in [0.25, 0.3) is 10.0 Å². The number of ether oxygens (including phenoxy) is 2. The lowest BCUT2D eigenvalue weighted by molar-refractivity contribution is 0.0972. The number of azo groups is 1. The molecule has 0 aliphatic rings. The molecule has 0 N–H and O–H groups in total. The topological polar surface area (TPSA) is 99.3 Å². The van der Waals surface area contributed by atoms with E-state index in [4.69, 9.17) is 9.47 Å². The van der Waals surface area contributed by atoms with Crippen LogP contribution in [0.3, 0.4) is 0 Å². The number of methoxy groups -OCH3 is 1. The zero-order valence-corrected chi connectivity index (χ0v) is 22.8. The van der Waals surface area contributed by atoms with Gasteiger partial charge in [-0.25, -0.2) is 12.4 Å². The van der Waals surface area contributed by atoms with Crippen LogP contribution in [-0.2, 0) is 10.0 Å². The van der Waals surface area contributed by atoms with Gasteiger partial charge in [-0.1, -0.05) is 17.7 Å². The monoisotopic (exact) mass is 545 g/mol. The highest BCUT2D eigenvalue weighted by Gasteiger charge is 2.22. The number of hydrogen-bond acceptors (Lipinski definition) is 7. The Labute approximate surface area is 229 Å². The molecule has 0 amide bonds. The zero-order chi connectivity index (χ0) is 27.7. The van der Waals surface area contributed by atoms with Crippen molar-refractivity contribution in [3.63, 3.8) is 0 Å². The molecule has 9 heteroatoms. The lowest BCUT2D eigenvalue weighted by Gasteiger charge is -2.10. The molecule has 8 nitrogen and oxygen atoms in total. The summed E-state index contributed by atoms with van der Waals surface area (Å²) < 4.78 is 38.0. The number of Topliss-reactive ketones (excluding diaryl/α,β-unsaturated/α-hetero) is 1. The minimum absolute atomic E-state index is 0.156. The minimum Gasteiger partial charge on any atom is -0.497 e. The maximum absolute atomic E-state index is 13.0. The molecule has 202 valence electrons. The lowest BCUT2D eigenvalue weighted by Crippen LogP contribution is -2.17. The second-order valence-electron chi connectivity index (χ2n) is 8.98. The van der Waals surface area contributed by atoms with Crippen molar-refractivity contribution in [2.45, 2.75) is 37.5 Å². The molecule has 0 aliphatic heterocycles. The molecule has 1 heterocycles. The van der Waals surface area contributed by atoms with Gasteiger partial charge in [0.1, 0.15) is 11.5 Å². The normalized spacial score (nSPS) is 11.5. The van der Waals surface area contributed by atoms with Crippen LogP contribution >= 0.6 is 0 Å². The van der Waals surface area contributed by atoms with Crippen LogP contribution in [0.15, 0.2) is 106 Å². The van der Waals surface area contributed by atoms with Gasteiger partial charge in [-0.15, -0.1) is 0 Å². The van der Waals surface area contributed by atoms with Crippen molar-refractivity contribution in [3.8, 4) is 11.5 Å². The fourth-order valence-electron chi connectivity index (χ4n) is 3.87. The van der Waals surface area contributed by atoms with Gasteiger partial charge in [0, 0.05) is 12.6 Å². The predicted molar refractivity (Wildman–Crippen MR) is 150 cm³/mol. The molecule has 0 spiro atoms. The number of hydrogen-bond donors (Lipinski definition) is 0. The van der Waals surface area contributed by atoms with E-state index in [1.807, 2.05) is 55.5 Å². The third-order valence-corrected chi connectivity index (χ3v) is 7.79. The third kappa shape index (κ3) is 7.42. The molecule has 0 bridgehead atoms. The van der Waals surface area contributed by atoms with Gasteiger partial charge in [-0.05, 0) is 99.0 Å². The van der Waals surface area contributed by atoms with Crippen LogP contribution in [0, 0.1) is 6.92 Å². The average molecular weight is 546 g/mol. The Hall–Kier alpha value is -4.24. The fraction of sp³-hybridized carbons (Fsp3) is 0.233. The van der Waals surface area contributed by atoms with Crippen molar-refractivity contribution >= 4 is 27.2 Å². The largest absolute Gasteiger partial charge is 0.497 e. The van der Waals surface area contributed by atoms with Gasteiger partial charge in [0.15, 0.2) is 5.78 Å². The number of carbonyl (C=O) groups is 1. The van der Waals surface area contributed by atoms with Gasteiger partial charge >= 0.3 is 0 Å². The summed E-state index contributed by atoms with van der Waals surface area (Å²) in [5, 5.41) is 8.44. The van der Waals surface area contributed by atoms with Crippen molar-refractivity contribution in [3.05, 3.63) is 102 Å². The first-order valence-electron chi connectivity index (χ1n) is 12.7. The summed E-state index contributed by atoms with van der Waals surface area (Å²) in [5.74, 6) is 1.30. The van der Waals surface area contributed by atoms with Crippen molar-refractivity contribution in [2.24, 2.45) is 10.2 Å². The van der Waals surface area contributed by atoms with Crippen LogP contribution in [0.25, 0.3) is 0 Å². The van der Waals surface area contributed by atoms with Crippen molar-refractivity contribution < 1.29 is 22.7 Å². The van der Waals surface area contributed by atoms with E-state index in [0.717, 1.165) is 39.6 Å². The van der Waals surface area contributed by atoms with Gasteiger partial charge in [0.05, 0.1) is 35.7 Å². The van der Waals surface area contributed by atoms with E-state index in [-0.39, 0.29) is 22.8 Å². The molecule has 0 atom stereocenters. The Morgan fingerprint density at radius 1 is 0.795 bits per heavy atom. The van der Waals surface area contributed by atoms with E-state index in [1.54, 1.807) is 43.5 Å². The molecule has 0 aliphatic carbocycles. The molecule has 3 aromatic carbocycles. The number of nitrogens with zero attached hydrogens (tertiary/aromatic N) is 3. The van der Waals surface area contributed by atoms with E-state index in [0.29, 0.717) is 18.7 Å². The summed E-state index contributed by atoms with van der Waals surface area (Å²) in [6.45, 7) is 2.40. The Kier molecular flexibility index (Phi) is 9.27. The summed E-state index contributed by atoms with van der Waals surface area (Å²) in [5.41, 5.74) is 2.59. The Morgan fingerprint density at radius 3 is 2.03 bits per heavy atom. The highest BCUT2D eigenvalue weighted by Crippen LogP contribution is 2.23. The second-order valence-corrected chi connectivity index (χ2v) is 10.8. The number of unbranched alkanes of at least 4 members (excludes halogenated alkanes) is 2. The number of ketones is 1. The van der Waals surface area contributed by atoms with E-state index in [1.165, 1.54) is 6.20 Å². The van der Waals surface area contributed by atoms with Crippen LogP contribution in [0.5, 0.6) is 11.5 Å². The summed E-state index contributed by atoms with van der Waals surface area (Å²) in [7, 11) is -2.21. The number of aromatic nitrogens is 1. The summed E-state index contributed by atoms with van der Waals surface area (Å²) in [6, 6.07) is 24.4. The van der Waals surface area contributed by atoms with E-state index < -0.39 is 10.0 Å². The first-order valence-corrected chi connectivity index (χ1v) is 14.1. The van der Waals surface area contributed by atoms with Gasteiger partial charge in [-0.2, -0.15) is 10.2 Å². The molecule has 0 unspecified atom stereocenters. The lowest BCUT2D eigenvalue weighted by atomic mass is 10.1.